The Bertz CT molecular complexity index is 688. The highest BCUT2D eigenvalue weighted by atomic mass is 35.5. The summed E-state index contributed by atoms with van der Waals surface area (Å²) in [6, 6.07) is 15.2. The van der Waals surface area contributed by atoms with Gasteiger partial charge in [0, 0.05) is 31.0 Å². The third kappa shape index (κ3) is 3.33. The predicted molar refractivity (Wildman–Crippen MR) is 91.8 cm³/mol. The van der Waals surface area contributed by atoms with Gasteiger partial charge in [0.05, 0.1) is 5.56 Å². The molecule has 0 radical (unpaired) electrons. The number of anilines is 1. The standard InChI is InChI=1S/C18H19ClN2O2/c1-23-12-4-11-21-17(13-7-9-14(19)10-8-13)20-16-6-3-2-5-15(16)18(21)22/h2-3,5-10,17,20H,4,11-12H2,1H3. The highest BCUT2D eigenvalue weighted by molar-refractivity contribution is 6.30. The van der Waals surface area contributed by atoms with Gasteiger partial charge in [0.2, 0.25) is 0 Å². The lowest BCUT2D eigenvalue weighted by Gasteiger charge is -2.38. The molecule has 1 N–H and O–H groups in total. The normalized spacial score (nSPS) is 16.9. The van der Waals surface area contributed by atoms with Crippen LogP contribution in [0.1, 0.15) is 28.5 Å². The maximum Gasteiger partial charge on any atom is 0.257 e. The third-order valence-electron chi connectivity index (χ3n) is 3.96. The van der Waals surface area contributed by atoms with Crippen molar-refractivity contribution in [2.45, 2.75) is 12.6 Å². The van der Waals surface area contributed by atoms with Gasteiger partial charge in [-0.05, 0) is 36.2 Å². The van der Waals surface area contributed by atoms with Gasteiger partial charge in [-0.3, -0.25) is 4.79 Å². The number of amides is 1. The summed E-state index contributed by atoms with van der Waals surface area (Å²) in [6.45, 7) is 1.25. The molecule has 4 nitrogen and oxygen atoms in total. The largest absolute Gasteiger partial charge is 0.385 e. The molecule has 2 aromatic carbocycles. The molecule has 0 saturated heterocycles. The lowest BCUT2D eigenvalue weighted by atomic mass is 10.0. The van der Waals surface area contributed by atoms with Crippen molar-refractivity contribution in [3.8, 4) is 0 Å². The first-order valence-corrected chi connectivity index (χ1v) is 7.99. The van der Waals surface area contributed by atoms with E-state index in [1.165, 1.54) is 0 Å². The molecule has 1 unspecified atom stereocenters. The second-order valence-corrected chi connectivity index (χ2v) is 5.93. The van der Waals surface area contributed by atoms with Crippen LogP contribution >= 0.6 is 11.6 Å². The number of nitrogens with one attached hydrogen (secondary N) is 1. The number of carbonyl (C=O) groups is 1. The highest BCUT2D eigenvalue weighted by Crippen LogP contribution is 2.33. The predicted octanol–water partition coefficient (Wildman–Crippen LogP) is 3.94. The average Bonchev–Trinajstić information content (AvgIpc) is 2.58. The van der Waals surface area contributed by atoms with Gasteiger partial charge < -0.3 is 15.0 Å². The van der Waals surface area contributed by atoms with Gasteiger partial charge >= 0.3 is 0 Å². The van der Waals surface area contributed by atoms with Crippen LogP contribution < -0.4 is 5.32 Å². The molecule has 0 fully saturated rings. The van der Waals surface area contributed by atoms with Gasteiger partial charge in [-0.1, -0.05) is 35.9 Å². The minimum absolute atomic E-state index is 0.0374. The number of nitrogens with zero attached hydrogens (tertiary/aromatic N) is 1. The van der Waals surface area contributed by atoms with Gasteiger partial charge in [0.25, 0.3) is 5.91 Å². The van der Waals surface area contributed by atoms with Gasteiger partial charge in [0.1, 0.15) is 6.17 Å². The first-order chi connectivity index (χ1) is 11.2. The molecule has 3 rings (SSSR count). The van der Waals surface area contributed by atoms with E-state index in [4.69, 9.17) is 16.3 Å². The van der Waals surface area contributed by atoms with Gasteiger partial charge in [0.15, 0.2) is 0 Å². The molecule has 1 amide bonds. The van der Waals surface area contributed by atoms with E-state index >= 15 is 0 Å². The molecule has 0 saturated carbocycles. The van der Waals surface area contributed by atoms with Gasteiger partial charge in [-0.2, -0.15) is 0 Å². The van der Waals surface area contributed by atoms with E-state index in [-0.39, 0.29) is 12.1 Å². The first kappa shape index (κ1) is 15.8. The quantitative estimate of drug-likeness (QED) is 0.844. The summed E-state index contributed by atoms with van der Waals surface area (Å²) in [5.74, 6) is 0.0374. The molecular weight excluding hydrogens is 312 g/mol. The Kier molecular flexibility index (Phi) is 4.84. The molecule has 0 aromatic heterocycles. The van der Waals surface area contributed by atoms with Crippen molar-refractivity contribution in [2.24, 2.45) is 0 Å². The maximum absolute atomic E-state index is 12.9. The molecule has 5 heteroatoms. The Balaban J connectivity index is 1.94. The summed E-state index contributed by atoms with van der Waals surface area (Å²) >= 11 is 5.98. The monoisotopic (exact) mass is 330 g/mol. The third-order valence-corrected chi connectivity index (χ3v) is 4.21. The number of para-hydroxylation sites is 1. The van der Waals surface area contributed by atoms with Crippen molar-refractivity contribution in [3.63, 3.8) is 0 Å². The van der Waals surface area contributed by atoms with E-state index < -0.39 is 0 Å². The van der Waals surface area contributed by atoms with E-state index in [1.54, 1.807) is 7.11 Å². The maximum atomic E-state index is 12.9. The Labute approximate surface area is 141 Å². The number of methoxy groups -OCH3 is 1. The summed E-state index contributed by atoms with van der Waals surface area (Å²) in [7, 11) is 1.67. The Morgan fingerprint density at radius 1 is 1.17 bits per heavy atom. The van der Waals surface area contributed by atoms with E-state index in [0.717, 1.165) is 17.7 Å². The summed E-state index contributed by atoms with van der Waals surface area (Å²) in [5.41, 5.74) is 2.57. The zero-order valence-corrected chi connectivity index (χ0v) is 13.7. The summed E-state index contributed by atoms with van der Waals surface area (Å²) in [5, 5.41) is 4.14. The molecule has 0 aliphatic carbocycles. The first-order valence-electron chi connectivity index (χ1n) is 7.61. The van der Waals surface area contributed by atoms with E-state index in [1.807, 2.05) is 53.4 Å². The highest BCUT2D eigenvalue weighted by Gasteiger charge is 2.32. The number of carbonyl (C=O) groups excluding carboxylic acids is 1. The number of halogens is 1. The zero-order chi connectivity index (χ0) is 16.2. The molecule has 0 bridgehead atoms. The number of rotatable bonds is 5. The van der Waals surface area contributed by atoms with Crippen LogP contribution in [-0.4, -0.2) is 31.1 Å². The Morgan fingerprint density at radius 3 is 2.65 bits per heavy atom. The lowest BCUT2D eigenvalue weighted by Crippen LogP contribution is -2.43. The second kappa shape index (κ2) is 7.02. The number of hydrogen-bond acceptors (Lipinski definition) is 3. The lowest BCUT2D eigenvalue weighted by molar-refractivity contribution is 0.0660. The molecule has 1 aliphatic heterocycles. The van der Waals surface area contributed by atoms with Crippen molar-refractivity contribution in [1.29, 1.82) is 0 Å². The molecule has 1 atom stereocenters. The van der Waals surface area contributed by atoms with Crippen molar-refractivity contribution < 1.29 is 9.53 Å². The molecule has 23 heavy (non-hydrogen) atoms. The van der Waals surface area contributed by atoms with Crippen LogP contribution in [-0.2, 0) is 4.74 Å². The second-order valence-electron chi connectivity index (χ2n) is 5.49. The number of hydrogen-bond donors (Lipinski definition) is 1. The van der Waals surface area contributed by atoms with Crippen LogP contribution in [0.4, 0.5) is 5.69 Å². The molecule has 0 spiro atoms. The van der Waals surface area contributed by atoms with Crippen molar-refractivity contribution >= 4 is 23.2 Å². The van der Waals surface area contributed by atoms with Gasteiger partial charge in [-0.15, -0.1) is 0 Å². The van der Waals surface area contributed by atoms with Gasteiger partial charge in [-0.25, -0.2) is 0 Å². The van der Waals surface area contributed by atoms with Crippen LogP contribution in [0.15, 0.2) is 48.5 Å². The number of ether oxygens (including phenoxy) is 1. The fourth-order valence-corrected chi connectivity index (χ4v) is 2.94. The number of fused-ring (bicyclic) bond motifs is 1. The fourth-order valence-electron chi connectivity index (χ4n) is 2.81. The fraction of sp³-hybridized carbons (Fsp3) is 0.278. The minimum atomic E-state index is -0.202. The van der Waals surface area contributed by atoms with Crippen LogP contribution in [0, 0.1) is 0 Å². The molecule has 120 valence electrons. The summed E-state index contributed by atoms with van der Waals surface area (Å²) < 4.78 is 5.12. The van der Waals surface area contributed by atoms with Crippen LogP contribution in [0.2, 0.25) is 5.02 Å². The molecule has 2 aromatic rings. The van der Waals surface area contributed by atoms with Crippen molar-refractivity contribution in [2.75, 3.05) is 25.6 Å². The Hall–Kier alpha value is -2.04. The zero-order valence-electron chi connectivity index (χ0n) is 13.0. The van der Waals surface area contributed by atoms with Crippen LogP contribution in [0.5, 0.6) is 0 Å². The van der Waals surface area contributed by atoms with E-state index in [9.17, 15) is 4.79 Å². The summed E-state index contributed by atoms with van der Waals surface area (Å²) in [6.07, 6.45) is 0.586. The Morgan fingerprint density at radius 2 is 1.91 bits per heavy atom. The van der Waals surface area contributed by atoms with E-state index in [2.05, 4.69) is 5.32 Å². The minimum Gasteiger partial charge on any atom is -0.385 e. The average molecular weight is 331 g/mol. The topological polar surface area (TPSA) is 41.6 Å². The number of benzene rings is 2. The SMILES string of the molecule is COCCCN1C(=O)c2ccccc2NC1c1ccc(Cl)cc1. The summed E-state index contributed by atoms with van der Waals surface area (Å²) in [4.78, 5) is 14.7. The molecule has 1 heterocycles. The molecular formula is C18H19ClN2O2. The van der Waals surface area contributed by atoms with Crippen LogP contribution in [0.3, 0.4) is 0 Å². The smallest absolute Gasteiger partial charge is 0.257 e. The van der Waals surface area contributed by atoms with Crippen molar-refractivity contribution in [1.82, 2.24) is 4.90 Å². The van der Waals surface area contributed by atoms with Crippen molar-refractivity contribution in [3.05, 3.63) is 64.7 Å². The van der Waals surface area contributed by atoms with E-state index in [0.29, 0.717) is 23.7 Å². The molecule has 1 aliphatic rings. The van der Waals surface area contributed by atoms with Crippen LogP contribution in [0.25, 0.3) is 0 Å².